The second kappa shape index (κ2) is 7.39. The van der Waals surface area contributed by atoms with Gasteiger partial charge in [-0.05, 0) is 47.9 Å². The lowest BCUT2D eigenvalue weighted by molar-refractivity contribution is -0.135. The number of esters is 1. The van der Waals surface area contributed by atoms with E-state index in [9.17, 15) is 15.0 Å². The van der Waals surface area contributed by atoms with Crippen molar-refractivity contribution in [1.82, 2.24) is 0 Å². The van der Waals surface area contributed by atoms with Crippen LogP contribution < -0.4 is 9.47 Å². The van der Waals surface area contributed by atoms with Crippen LogP contribution in [0.1, 0.15) is 11.1 Å². The first-order valence-corrected chi connectivity index (χ1v) is 8.13. The number of phenolic OH excluding ortho intramolecular Hbond substituents is 2. The maximum absolute atomic E-state index is 12.1. The monoisotopic (exact) mass is 356 g/mol. The van der Waals surface area contributed by atoms with Crippen molar-refractivity contribution < 1.29 is 29.2 Å². The first kappa shape index (κ1) is 17.7. The number of methoxy groups -OCH3 is 2. The van der Waals surface area contributed by atoms with Crippen LogP contribution in [0.15, 0.2) is 42.0 Å². The summed E-state index contributed by atoms with van der Waals surface area (Å²) in [4.78, 5) is 12.1. The Bertz CT molecular complexity index is 855. The number of hydrogen-bond donors (Lipinski definition) is 2. The van der Waals surface area contributed by atoms with Gasteiger partial charge in [0, 0.05) is 11.5 Å². The minimum Gasteiger partial charge on any atom is -0.504 e. The molecule has 1 aliphatic heterocycles. The first-order chi connectivity index (χ1) is 12.5. The number of benzene rings is 2. The van der Waals surface area contributed by atoms with Gasteiger partial charge in [0.2, 0.25) is 0 Å². The Labute approximate surface area is 151 Å². The molecule has 136 valence electrons. The molecule has 1 atom stereocenters. The predicted octanol–water partition coefficient (Wildman–Crippen LogP) is 2.91. The van der Waals surface area contributed by atoms with Crippen molar-refractivity contribution in [2.24, 2.45) is 5.92 Å². The van der Waals surface area contributed by atoms with Gasteiger partial charge in [-0.15, -0.1) is 0 Å². The molecule has 1 fully saturated rings. The minimum atomic E-state index is -0.354. The maximum atomic E-state index is 12.1. The number of rotatable bonds is 5. The van der Waals surface area contributed by atoms with Gasteiger partial charge in [-0.2, -0.15) is 0 Å². The van der Waals surface area contributed by atoms with E-state index in [1.165, 1.54) is 20.3 Å². The second-order valence-corrected chi connectivity index (χ2v) is 6.04. The summed E-state index contributed by atoms with van der Waals surface area (Å²) in [7, 11) is 2.96. The van der Waals surface area contributed by atoms with E-state index >= 15 is 0 Å². The predicted molar refractivity (Wildman–Crippen MR) is 95.4 cm³/mol. The Hall–Kier alpha value is -3.15. The van der Waals surface area contributed by atoms with Crippen LogP contribution >= 0.6 is 0 Å². The van der Waals surface area contributed by atoms with Crippen LogP contribution in [0.4, 0.5) is 0 Å². The molecule has 0 spiro atoms. The van der Waals surface area contributed by atoms with Gasteiger partial charge in [0.25, 0.3) is 0 Å². The van der Waals surface area contributed by atoms with Crippen molar-refractivity contribution in [3.63, 3.8) is 0 Å². The number of carbonyl (C=O) groups excluding carboxylic acids is 1. The van der Waals surface area contributed by atoms with Crippen molar-refractivity contribution >= 4 is 12.0 Å². The summed E-state index contributed by atoms with van der Waals surface area (Å²) in [6, 6.07) is 10.00. The summed E-state index contributed by atoms with van der Waals surface area (Å²) < 4.78 is 15.4. The fourth-order valence-corrected chi connectivity index (χ4v) is 2.96. The Morgan fingerprint density at radius 1 is 1.08 bits per heavy atom. The van der Waals surface area contributed by atoms with Gasteiger partial charge >= 0.3 is 5.97 Å². The summed E-state index contributed by atoms with van der Waals surface area (Å²) in [5, 5.41) is 19.4. The standard InChI is InChI=1S/C20H20O6/c1-24-18-9-12(3-5-16(18)21)7-14-11-26-20(23)15(14)8-13-4-6-17(22)19(10-13)25-2/h3-6,8-10,14,21-22H,7,11H2,1-2H3/b15-8-/t14-/m0/s1. The van der Waals surface area contributed by atoms with Gasteiger partial charge in [0.15, 0.2) is 23.0 Å². The van der Waals surface area contributed by atoms with E-state index in [4.69, 9.17) is 14.2 Å². The van der Waals surface area contributed by atoms with Crippen LogP contribution in [0.2, 0.25) is 0 Å². The van der Waals surface area contributed by atoms with Crippen molar-refractivity contribution in [2.75, 3.05) is 20.8 Å². The quantitative estimate of drug-likeness (QED) is 0.633. The smallest absolute Gasteiger partial charge is 0.334 e. The van der Waals surface area contributed by atoms with Gasteiger partial charge < -0.3 is 24.4 Å². The average molecular weight is 356 g/mol. The Balaban J connectivity index is 1.87. The molecule has 26 heavy (non-hydrogen) atoms. The van der Waals surface area contributed by atoms with Crippen LogP contribution in [0.25, 0.3) is 6.08 Å². The molecule has 0 unspecified atom stereocenters. The first-order valence-electron chi connectivity index (χ1n) is 8.13. The molecule has 2 aromatic rings. The van der Waals surface area contributed by atoms with E-state index in [0.717, 1.165) is 11.1 Å². The van der Waals surface area contributed by atoms with Gasteiger partial charge in [0.1, 0.15) is 0 Å². The van der Waals surface area contributed by atoms with Crippen molar-refractivity contribution in [1.29, 1.82) is 0 Å². The van der Waals surface area contributed by atoms with Crippen LogP contribution in [-0.2, 0) is 16.0 Å². The molecule has 6 heteroatoms. The van der Waals surface area contributed by atoms with Gasteiger partial charge in [-0.1, -0.05) is 12.1 Å². The van der Waals surface area contributed by atoms with E-state index < -0.39 is 0 Å². The van der Waals surface area contributed by atoms with E-state index in [0.29, 0.717) is 30.1 Å². The number of hydrogen-bond acceptors (Lipinski definition) is 6. The van der Waals surface area contributed by atoms with Crippen LogP contribution in [0.5, 0.6) is 23.0 Å². The normalized spacial score (nSPS) is 18.0. The molecule has 1 saturated heterocycles. The molecule has 0 bridgehead atoms. The van der Waals surface area contributed by atoms with Gasteiger partial charge in [-0.3, -0.25) is 0 Å². The number of ether oxygens (including phenoxy) is 3. The highest BCUT2D eigenvalue weighted by Gasteiger charge is 2.30. The second-order valence-electron chi connectivity index (χ2n) is 6.04. The van der Waals surface area contributed by atoms with Crippen molar-refractivity contribution in [3.8, 4) is 23.0 Å². The molecule has 6 nitrogen and oxygen atoms in total. The Morgan fingerprint density at radius 3 is 2.42 bits per heavy atom. The molecule has 1 heterocycles. The van der Waals surface area contributed by atoms with E-state index in [2.05, 4.69) is 0 Å². The molecule has 0 aromatic heterocycles. The molecule has 0 aliphatic carbocycles. The molecular formula is C20H20O6. The summed E-state index contributed by atoms with van der Waals surface area (Å²) in [6.45, 7) is 0.295. The Kier molecular flexibility index (Phi) is 5.02. The highest BCUT2D eigenvalue weighted by molar-refractivity contribution is 5.96. The van der Waals surface area contributed by atoms with Crippen molar-refractivity contribution in [2.45, 2.75) is 6.42 Å². The maximum Gasteiger partial charge on any atom is 0.334 e. The van der Waals surface area contributed by atoms with Gasteiger partial charge in [-0.25, -0.2) is 4.79 Å². The third-order valence-electron chi connectivity index (χ3n) is 4.34. The number of phenols is 2. The molecule has 2 N–H and O–H groups in total. The molecule has 0 radical (unpaired) electrons. The SMILES string of the molecule is COc1cc(/C=C2\C(=O)OC[C@@H]2Cc2ccc(O)c(OC)c2)ccc1O. The Morgan fingerprint density at radius 2 is 1.73 bits per heavy atom. The largest absolute Gasteiger partial charge is 0.504 e. The lowest BCUT2D eigenvalue weighted by Crippen LogP contribution is -2.07. The third-order valence-corrected chi connectivity index (χ3v) is 4.34. The zero-order chi connectivity index (χ0) is 18.7. The summed E-state index contributed by atoms with van der Waals surface area (Å²) in [5.41, 5.74) is 2.23. The van der Waals surface area contributed by atoms with Crippen LogP contribution in [0, 0.1) is 5.92 Å². The van der Waals surface area contributed by atoms with E-state index in [-0.39, 0.29) is 23.4 Å². The number of aromatic hydroxyl groups is 2. The highest BCUT2D eigenvalue weighted by atomic mass is 16.5. The number of cyclic esters (lactones) is 1. The molecule has 0 saturated carbocycles. The topological polar surface area (TPSA) is 85.2 Å². The fraction of sp³-hybridized carbons (Fsp3) is 0.250. The summed E-state index contributed by atoms with van der Waals surface area (Å²) in [6.07, 6.45) is 2.32. The minimum absolute atomic E-state index is 0.0383. The molecule has 2 aromatic carbocycles. The van der Waals surface area contributed by atoms with E-state index in [1.54, 1.807) is 36.4 Å². The van der Waals surface area contributed by atoms with Gasteiger partial charge in [0.05, 0.1) is 20.8 Å². The average Bonchev–Trinajstić information content (AvgIpc) is 2.98. The fourth-order valence-electron chi connectivity index (χ4n) is 2.96. The number of carbonyl (C=O) groups is 1. The van der Waals surface area contributed by atoms with E-state index in [1.807, 2.05) is 0 Å². The van der Waals surface area contributed by atoms with Crippen LogP contribution in [0.3, 0.4) is 0 Å². The molecule has 1 aliphatic rings. The molecule has 0 amide bonds. The highest BCUT2D eigenvalue weighted by Crippen LogP contribution is 2.33. The van der Waals surface area contributed by atoms with Crippen molar-refractivity contribution in [3.05, 3.63) is 53.1 Å². The molecule has 3 rings (SSSR count). The third kappa shape index (κ3) is 3.59. The zero-order valence-corrected chi connectivity index (χ0v) is 14.6. The summed E-state index contributed by atoms with van der Waals surface area (Å²) in [5.74, 6) is 0.370. The lowest BCUT2D eigenvalue weighted by Gasteiger charge is -2.11. The summed E-state index contributed by atoms with van der Waals surface area (Å²) >= 11 is 0. The lowest BCUT2D eigenvalue weighted by atomic mass is 9.92. The zero-order valence-electron chi connectivity index (χ0n) is 14.6. The van der Waals surface area contributed by atoms with Crippen LogP contribution in [-0.4, -0.2) is 37.0 Å². The molecular weight excluding hydrogens is 336 g/mol.